The number of benzene rings is 1. The van der Waals surface area contributed by atoms with E-state index in [1.54, 1.807) is 31.4 Å². The van der Waals surface area contributed by atoms with E-state index in [2.05, 4.69) is 4.90 Å². The van der Waals surface area contributed by atoms with Crippen molar-refractivity contribution in [3.8, 4) is 5.75 Å². The third-order valence-corrected chi connectivity index (χ3v) is 7.72. The van der Waals surface area contributed by atoms with Gasteiger partial charge in [0.2, 0.25) is 11.8 Å². The zero-order chi connectivity index (χ0) is 24.9. The maximum Gasteiger partial charge on any atom is 0.332 e. The fraction of sp³-hybridized carbons (Fsp3) is 0.462. The Bertz CT molecular complexity index is 1210. The molecule has 0 radical (unpaired) electrons. The molecular formula is C26H30N4O5. The second kappa shape index (κ2) is 8.64. The van der Waals surface area contributed by atoms with Crippen molar-refractivity contribution < 1.29 is 19.1 Å². The number of likely N-dealkylation sites (tertiary alicyclic amines) is 1. The lowest BCUT2D eigenvalue weighted by atomic mass is 9.75. The monoisotopic (exact) mass is 478 g/mol. The normalized spacial score (nSPS) is 23.9. The summed E-state index contributed by atoms with van der Waals surface area (Å²) in [6.07, 6.45) is 1.16. The predicted molar refractivity (Wildman–Crippen MR) is 128 cm³/mol. The van der Waals surface area contributed by atoms with Gasteiger partial charge >= 0.3 is 6.03 Å². The molecule has 1 aromatic carbocycles. The van der Waals surface area contributed by atoms with Gasteiger partial charge in [-0.15, -0.1) is 0 Å². The lowest BCUT2D eigenvalue weighted by molar-refractivity contribution is -0.159. The van der Waals surface area contributed by atoms with Gasteiger partial charge in [0.05, 0.1) is 7.11 Å². The van der Waals surface area contributed by atoms with Crippen molar-refractivity contribution in [2.75, 3.05) is 40.8 Å². The van der Waals surface area contributed by atoms with E-state index in [0.29, 0.717) is 25.4 Å². The number of pyridine rings is 1. The van der Waals surface area contributed by atoms with E-state index in [0.717, 1.165) is 27.5 Å². The highest BCUT2D eigenvalue weighted by atomic mass is 16.5. The van der Waals surface area contributed by atoms with E-state index in [-0.39, 0.29) is 30.4 Å². The number of aromatic nitrogens is 1. The first kappa shape index (κ1) is 23.3. The van der Waals surface area contributed by atoms with Crippen LogP contribution >= 0.6 is 0 Å². The van der Waals surface area contributed by atoms with Crippen LogP contribution in [0.25, 0.3) is 0 Å². The van der Waals surface area contributed by atoms with Crippen LogP contribution in [0.15, 0.2) is 47.3 Å². The molecule has 0 aliphatic carbocycles. The summed E-state index contributed by atoms with van der Waals surface area (Å²) in [5, 5.41) is 0. The highest BCUT2D eigenvalue weighted by Crippen LogP contribution is 2.39. The lowest BCUT2D eigenvalue weighted by Crippen LogP contribution is -2.67. The third-order valence-electron chi connectivity index (χ3n) is 7.72. The van der Waals surface area contributed by atoms with E-state index in [1.807, 2.05) is 22.8 Å². The van der Waals surface area contributed by atoms with Crippen molar-refractivity contribution >= 4 is 17.8 Å². The zero-order valence-electron chi connectivity index (χ0n) is 20.3. The molecule has 2 fully saturated rings. The number of carbonyl (C=O) groups excluding carboxylic acids is 3. The molecule has 3 aliphatic heterocycles. The molecule has 4 heterocycles. The zero-order valence-corrected chi connectivity index (χ0v) is 20.3. The van der Waals surface area contributed by atoms with Gasteiger partial charge < -0.3 is 14.2 Å². The quantitative estimate of drug-likeness (QED) is 0.606. The Morgan fingerprint density at radius 2 is 1.60 bits per heavy atom. The molecule has 35 heavy (non-hydrogen) atoms. The molecule has 5 rings (SSSR count). The Morgan fingerprint density at radius 1 is 0.914 bits per heavy atom. The molecule has 2 atom stereocenters. The number of amides is 4. The van der Waals surface area contributed by atoms with Crippen LogP contribution in [-0.4, -0.2) is 78.0 Å². The summed E-state index contributed by atoms with van der Waals surface area (Å²) in [6, 6.07) is 12.1. The molecule has 3 aliphatic rings. The second-order valence-electron chi connectivity index (χ2n) is 10.0. The van der Waals surface area contributed by atoms with Crippen LogP contribution in [-0.2, 0) is 22.6 Å². The average Bonchev–Trinajstić information content (AvgIpc) is 2.86. The van der Waals surface area contributed by atoms with Gasteiger partial charge in [-0.25, -0.2) is 4.79 Å². The minimum Gasteiger partial charge on any atom is -0.497 e. The molecule has 9 nitrogen and oxygen atoms in total. The summed E-state index contributed by atoms with van der Waals surface area (Å²) >= 11 is 0. The summed E-state index contributed by atoms with van der Waals surface area (Å²) in [7, 11) is 4.45. The van der Waals surface area contributed by atoms with Gasteiger partial charge in [-0.05, 0) is 42.5 Å². The smallest absolute Gasteiger partial charge is 0.332 e. The lowest BCUT2D eigenvalue weighted by Gasteiger charge is -2.48. The topological polar surface area (TPSA) is 92.2 Å². The number of hydrogen-bond acceptors (Lipinski definition) is 6. The molecule has 2 bridgehead atoms. The standard InChI is InChI=1S/C26H30N4O5/c1-27-23(32)26(24(33)28(2)25(27)34,12-17-7-9-20(35-3)10-8-17)16-29-13-18-11-19(15-29)21-5-4-6-22(31)30(21)14-18/h4-10,18-19H,11-16H2,1-3H3/t18-,19+/m0/s1. The Hall–Kier alpha value is -3.46. The highest BCUT2D eigenvalue weighted by molar-refractivity contribution is 6.19. The molecule has 0 N–H and O–H groups in total. The number of barbiturate groups is 1. The van der Waals surface area contributed by atoms with Crippen LogP contribution in [0.2, 0.25) is 0 Å². The first-order chi connectivity index (χ1) is 16.7. The number of fused-ring (bicyclic) bond motifs is 4. The van der Waals surface area contributed by atoms with Crippen LogP contribution in [0.3, 0.4) is 0 Å². The van der Waals surface area contributed by atoms with Gasteiger partial charge in [0.15, 0.2) is 0 Å². The molecule has 0 spiro atoms. The summed E-state index contributed by atoms with van der Waals surface area (Å²) in [6.45, 7) is 2.17. The van der Waals surface area contributed by atoms with E-state index in [9.17, 15) is 19.2 Å². The van der Waals surface area contributed by atoms with Crippen LogP contribution in [0.5, 0.6) is 5.75 Å². The number of urea groups is 1. The number of carbonyl (C=O) groups is 3. The second-order valence-corrected chi connectivity index (χ2v) is 10.0. The Balaban J connectivity index is 1.49. The molecule has 4 amide bonds. The summed E-state index contributed by atoms with van der Waals surface area (Å²) in [4.78, 5) is 56.6. The number of hydrogen-bond donors (Lipinski definition) is 0. The van der Waals surface area contributed by atoms with Crippen molar-refractivity contribution in [2.45, 2.75) is 25.3 Å². The molecule has 184 valence electrons. The Labute approximate surface area is 203 Å². The van der Waals surface area contributed by atoms with Gasteiger partial charge in [0.1, 0.15) is 11.2 Å². The fourth-order valence-corrected chi connectivity index (χ4v) is 6.07. The van der Waals surface area contributed by atoms with Crippen molar-refractivity contribution in [1.29, 1.82) is 0 Å². The van der Waals surface area contributed by atoms with Gasteiger partial charge in [-0.2, -0.15) is 0 Å². The van der Waals surface area contributed by atoms with Crippen LogP contribution in [0.1, 0.15) is 23.6 Å². The number of imide groups is 2. The van der Waals surface area contributed by atoms with E-state index in [1.165, 1.54) is 14.1 Å². The SMILES string of the molecule is COc1ccc(CC2(CN3C[C@@H]4C[C@H](C3)c3cccc(=O)n3C4)C(=O)N(C)C(=O)N(C)C2=O)cc1. The van der Waals surface area contributed by atoms with Gasteiger partial charge in [0, 0.05) is 58.0 Å². The minimum absolute atomic E-state index is 0.0148. The molecule has 0 unspecified atom stereocenters. The number of ether oxygens (including phenoxy) is 1. The van der Waals surface area contributed by atoms with E-state index < -0.39 is 23.3 Å². The van der Waals surface area contributed by atoms with Crippen LogP contribution in [0.4, 0.5) is 4.79 Å². The van der Waals surface area contributed by atoms with Crippen LogP contribution < -0.4 is 10.3 Å². The predicted octanol–water partition coefficient (Wildman–Crippen LogP) is 1.56. The molecular weight excluding hydrogens is 448 g/mol. The molecule has 2 saturated heterocycles. The summed E-state index contributed by atoms with van der Waals surface area (Å²) < 4.78 is 7.11. The summed E-state index contributed by atoms with van der Waals surface area (Å²) in [5.74, 6) is 0.138. The summed E-state index contributed by atoms with van der Waals surface area (Å²) in [5.41, 5.74) is 0.417. The highest BCUT2D eigenvalue weighted by Gasteiger charge is 2.56. The minimum atomic E-state index is -1.42. The number of rotatable bonds is 5. The first-order valence-electron chi connectivity index (χ1n) is 11.9. The number of methoxy groups -OCH3 is 1. The molecule has 0 saturated carbocycles. The van der Waals surface area contributed by atoms with Gasteiger partial charge in [-0.1, -0.05) is 18.2 Å². The van der Waals surface area contributed by atoms with Crippen molar-refractivity contribution in [3.05, 3.63) is 64.1 Å². The number of piperidine rings is 1. The maximum atomic E-state index is 13.7. The number of nitrogens with zero attached hydrogens (tertiary/aromatic N) is 4. The van der Waals surface area contributed by atoms with Crippen molar-refractivity contribution in [1.82, 2.24) is 19.3 Å². The maximum absolute atomic E-state index is 13.7. The van der Waals surface area contributed by atoms with E-state index >= 15 is 0 Å². The van der Waals surface area contributed by atoms with Gasteiger partial charge in [0.25, 0.3) is 5.56 Å². The van der Waals surface area contributed by atoms with Crippen molar-refractivity contribution in [2.24, 2.45) is 11.3 Å². The Morgan fingerprint density at radius 3 is 2.26 bits per heavy atom. The van der Waals surface area contributed by atoms with Gasteiger partial charge in [-0.3, -0.25) is 24.2 Å². The Kier molecular flexibility index (Phi) is 5.75. The van der Waals surface area contributed by atoms with Crippen LogP contribution in [0, 0.1) is 11.3 Å². The van der Waals surface area contributed by atoms with Crippen molar-refractivity contribution in [3.63, 3.8) is 0 Å². The molecule has 1 aromatic heterocycles. The fourth-order valence-electron chi connectivity index (χ4n) is 6.07. The largest absolute Gasteiger partial charge is 0.497 e. The van der Waals surface area contributed by atoms with E-state index in [4.69, 9.17) is 4.74 Å². The average molecular weight is 479 g/mol. The first-order valence-corrected chi connectivity index (χ1v) is 11.9. The third kappa shape index (κ3) is 3.83. The molecule has 9 heteroatoms. The molecule has 2 aromatic rings.